The molecule has 0 aromatic rings. The van der Waals surface area contributed by atoms with Crippen molar-refractivity contribution in [1.29, 1.82) is 0 Å². The number of Topliss-reactive ketones (excluding diaryl/α,β-unsaturated/α-hetero) is 1. The Hall–Kier alpha value is -1.08. The van der Waals surface area contributed by atoms with Crippen molar-refractivity contribution in [2.24, 2.45) is 5.92 Å². The number of hydrogen-bond acceptors (Lipinski definition) is 17. The molecule has 0 aliphatic heterocycles. The fraction of sp³-hybridized carbons (Fsp3) is 0.960. The number of carbonyl (C=O) groups excluding carboxylic acids is 2. The lowest BCUT2D eigenvalue weighted by Gasteiger charge is -2.31. The SMILES string of the molecule is CCC(=O)CC(CCCN(CCCN(CCCN(CC(O)CC)CC(O)CC)CCCN(CC(O)CC)CC(O)CC)CCCN(CCC(=O)NCCCC(O)(P(=O)(O)O)P(=O)(O)O)CC(O)CO)CC(O)CC. The van der Waals surface area contributed by atoms with Gasteiger partial charge in [0.2, 0.25) is 5.91 Å². The fourth-order valence-electron chi connectivity index (χ4n) is 8.90. The van der Waals surface area contributed by atoms with E-state index in [4.69, 9.17) is 0 Å². The average molecular weight is 1110 g/mol. The van der Waals surface area contributed by atoms with Gasteiger partial charge in [0.25, 0.3) is 5.08 Å². The summed E-state index contributed by atoms with van der Waals surface area (Å²) in [7, 11) is -11.3. The highest BCUT2D eigenvalue weighted by atomic mass is 31.2. The zero-order chi connectivity index (χ0) is 56.3. The lowest BCUT2D eigenvalue weighted by atomic mass is 9.90. The van der Waals surface area contributed by atoms with E-state index < -0.39 is 75.8 Å². The molecule has 442 valence electrons. The summed E-state index contributed by atoms with van der Waals surface area (Å²) in [4.78, 5) is 73.9. The molecule has 0 spiro atoms. The Balaban J connectivity index is 6.28. The maximum absolute atomic E-state index is 12.8. The van der Waals surface area contributed by atoms with Gasteiger partial charge in [0.15, 0.2) is 0 Å². The number of rotatable bonds is 50. The second-order valence-electron chi connectivity index (χ2n) is 20.5. The van der Waals surface area contributed by atoms with Gasteiger partial charge in [-0.2, -0.15) is 0 Å². The molecule has 0 fully saturated rings. The van der Waals surface area contributed by atoms with Gasteiger partial charge in [-0.05, 0) is 148 Å². The van der Waals surface area contributed by atoms with Gasteiger partial charge in [-0.3, -0.25) is 28.5 Å². The number of aliphatic hydroxyl groups is 8. The van der Waals surface area contributed by atoms with Gasteiger partial charge in [0.05, 0.1) is 43.2 Å². The van der Waals surface area contributed by atoms with Gasteiger partial charge in [-0.1, -0.05) is 41.5 Å². The molecular weight excluding hydrogens is 1000 g/mol. The minimum atomic E-state index is -5.63. The van der Waals surface area contributed by atoms with Crippen molar-refractivity contribution < 1.29 is 79.1 Å². The largest absolute Gasteiger partial charge is 0.394 e. The zero-order valence-corrected chi connectivity index (χ0v) is 48.0. The first-order valence-corrected chi connectivity index (χ1v) is 31.0. The van der Waals surface area contributed by atoms with Crippen LogP contribution in [0.5, 0.6) is 0 Å². The van der Waals surface area contributed by atoms with Crippen molar-refractivity contribution in [3.05, 3.63) is 0 Å². The summed E-state index contributed by atoms with van der Waals surface area (Å²) in [6, 6.07) is 0. The van der Waals surface area contributed by atoms with E-state index in [1.54, 1.807) is 0 Å². The van der Waals surface area contributed by atoms with Gasteiger partial charge in [0, 0.05) is 71.5 Å². The minimum Gasteiger partial charge on any atom is -0.394 e. The van der Waals surface area contributed by atoms with E-state index in [1.165, 1.54) is 0 Å². The van der Waals surface area contributed by atoms with Crippen LogP contribution in [0.3, 0.4) is 0 Å². The summed E-state index contributed by atoms with van der Waals surface area (Å²) in [6.07, 6.45) is 4.18. The van der Waals surface area contributed by atoms with Crippen LogP contribution in [0, 0.1) is 5.92 Å². The number of carbonyl (C=O) groups is 2. The summed E-state index contributed by atoms with van der Waals surface area (Å²) in [5.74, 6) is -0.263. The number of nitrogens with one attached hydrogen (secondary N) is 1. The lowest BCUT2D eigenvalue weighted by Crippen LogP contribution is -2.41. The van der Waals surface area contributed by atoms with Crippen molar-refractivity contribution in [3.8, 4) is 0 Å². The zero-order valence-electron chi connectivity index (χ0n) is 46.2. The van der Waals surface area contributed by atoms with Gasteiger partial charge < -0.3 is 80.4 Å². The number of ketones is 1. The van der Waals surface area contributed by atoms with Crippen LogP contribution in [-0.2, 0) is 18.7 Å². The highest BCUT2D eigenvalue weighted by Crippen LogP contribution is 2.69. The van der Waals surface area contributed by atoms with Crippen molar-refractivity contribution >= 4 is 26.9 Å². The third-order valence-electron chi connectivity index (χ3n) is 13.9. The lowest BCUT2D eigenvalue weighted by molar-refractivity contribution is -0.121. The van der Waals surface area contributed by atoms with E-state index in [1.807, 2.05) is 46.4 Å². The standard InChI is InChI=1S/C50H106N6O16P2/c1-7-42(58)33-41(34-43(59)8-2)19-13-23-52(26-16-29-54(39-48(64)40-57)32-20-49(65)51-22-14-21-50(66,73(67,68)69)74(70,71)72)24-15-25-53(27-17-30-55(35-44(60)9-3)36-45(61)10-4)28-18-31-56(37-46(62)11-5)38-47(63)12-6/h41-42,44-48,57-58,60-64,66H,7-40H2,1-6H3,(H,51,65)(H2,67,68,69)(H2,70,71,72). The molecule has 24 heteroatoms. The van der Waals surface area contributed by atoms with E-state index >= 15 is 0 Å². The van der Waals surface area contributed by atoms with Crippen LogP contribution in [0.2, 0.25) is 0 Å². The van der Waals surface area contributed by atoms with E-state index in [0.29, 0.717) is 110 Å². The van der Waals surface area contributed by atoms with Gasteiger partial charge in [0.1, 0.15) is 5.78 Å². The van der Waals surface area contributed by atoms with E-state index in [0.717, 1.165) is 64.8 Å². The van der Waals surface area contributed by atoms with Crippen LogP contribution in [-0.4, -0.2) is 250 Å². The monoisotopic (exact) mass is 1110 g/mol. The first-order valence-electron chi connectivity index (χ1n) is 27.7. The van der Waals surface area contributed by atoms with Gasteiger partial charge >= 0.3 is 15.2 Å². The number of hydrogen-bond donors (Lipinski definition) is 13. The molecule has 0 saturated heterocycles. The smallest absolute Gasteiger partial charge is 0.369 e. The van der Waals surface area contributed by atoms with Crippen molar-refractivity contribution in [2.75, 3.05) is 111 Å². The molecule has 7 unspecified atom stereocenters. The van der Waals surface area contributed by atoms with E-state index in [9.17, 15) is 79.1 Å². The van der Waals surface area contributed by atoms with E-state index in [2.05, 4.69) is 24.9 Å². The van der Waals surface area contributed by atoms with E-state index in [-0.39, 0.29) is 44.2 Å². The molecule has 22 nitrogen and oxygen atoms in total. The Morgan fingerprint density at radius 1 is 0.500 bits per heavy atom. The molecular formula is C50H106N6O16P2. The molecule has 0 radical (unpaired) electrons. The van der Waals surface area contributed by atoms with Crippen LogP contribution in [0.4, 0.5) is 0 Å². The second-order valence-corrected chi connectivity index (χ2v) is 24.5. The topological polar surface area (TPSA) is 339 Å². The van der Waals surface area contributed by atoms with Crippen molar-refractivity contribution in [1.82, 2.24) is 29.8 Å². The van der Waals surface area contributed by atoms with Crippen LogP contribution in [0.25, 0.3) is 0 Å². The highest BCUT2D eigenvalue weighted by Gasteiger charge is 2.58. The normalized spacial score (nSPS) is 15.8. The summed E-state index contributed by atoms with van der Waals surface area (Å²) in [5, 5.41) is 81.8. The Morgan fingerprint density at radius 3 is 1.23 bits per heavy atom. The number of aliphatic hydroxyl groups excluding tert-OH is 7. The summed E-state index contributed by atoms with van der Waals surface area (Å²) in [5.41, 5.74) is 0. The van der Waals surface area contributed by atoms with Crippen molar-refractivity contribution in [2.45, 2.75) is 192 Å². The Morgan fingerprint density at radius 2 is 0.865 bits per heavy atom. The number of nitrogens with zero attached hydrogens (tertiary/aromatic N) is 5. The Bertz CT molecular complexity index is 1460. The fourth-order valence-corrected chi connectivity index (χ4v) is 11.2. The molecule has 74 heavy (non-hydrogen) atoms. The predicted octanol–water partition coefficient (Wildman–Crippen LogP) is 1.71. The van der Waals surface area contributed by atoms with Crippen LogP contribution >= 0.6 is 15.2 Å². The first kappa shape index (κ1) is 72.9. The maximum Gasteiger partial charge on any atom is 0.369 e. The third kappa shape index (κ3) is 33.4. The molecule has 0 bridgehead atoms. The molecule has 0 aromatic carbocycles. The molecule has 0 aliphatic carbocycles. The third-order valence-corrected chi connectivity index (χ3v) is 17.8. The summed E-state index contributed by atoms with van der Waals surface area (Å²) < 4.78 is 23.4. The molecule has 0 aliphatic rings. The molecule has 0 aromatic heterocycles. The molecule has 0 heterocycles. The number of amides is 1. The first-order chi connectivity index (χ1) is 34.8. The minimum absolute atomic E-state index is 0.0487. The van der Waals surface area contributed by atoms with Gasteiger partial charge in [-0.15, -0.1) is 0 Å². The summed E-state index contributed by atoms with van der Waals surface area (Å²) >= 11 is 0. The predicted molar refractivity (Wildman–Crippen MR) is 288 cm³/mol. The Labute approximate surface area is 444 Å². The summed E-state index contributed by atoms with van der Waals surface area (Å²) in [6.45, 7) is 19.3. The molecule has 0 rings (SSSR count). The average Bonchev–Trinajstić information content (AvgIpc) is 3.34. The quantitative estimate of drug-likeness (QED) is 0.0305. The maximum atomic E-state index is 12.8. The second kappa shape index (κ2) is 41.0. The van der Waals surface area contributed by atoms with Crippen LogP contribution < -0.4 is 5.32 Å². The Kier molecular flexibility index (Phi) is 40.4. The molecule has 1 amide bonds. The molecule has 13 N–H and O–H groups in total. The molecule has 0 saturated carbocycles. The van der Waals surface area contributed by atoms with Crippen molar-refractivity contribution in [3.63, 3.8) is 0 Å². The molecule has 7 atom stereocenters. The van der Waals surface area contributed by atoms with Gasteiger partial charge in [-0.25, -0.2) is 0 Å². The van der Waals surface area contributed by atoms with Crippen LogP contribution in [0.1, 0.15) is 151 Å². The van der Waals surface area contributed by atoms with Crippen LogP contribution in [0.15, 0.2) is 0 Å². The highest BCUT2D eigenvalue weighted by molar-refractivity contribution is 7.72.